The number of H-pyrrole nitrogens is 1. The van der Waals surface area contributed by atoms with Gasteiger partial charge in [0.15, 0.2) is 5.82 Å². The fraction of sp³-hybridized carbons (Fsp3) is 0.273. The zero-order valence-corrected chi connectivity index (χ0v) is 10.1. The number of aromatic nitrogens is 4. The highest BCUT2D eigenvalue weighted by Crippen LogP contribution is 2.31. The number of tetrazole rings is 1. The molecule has 0 fully saturated rings. The molecule has 8 nitrogen and oxygen atoms in total. The number of fused-ring (bicyclic) bond motifs is 1. The molecule has 2 aromatic rings. The molecule has 0 radical (unpaired) electrons. The van der Waals surface area contributed by atoms with E-state index in [0.29, 0.717) is 24.5 Å². The molecule has 0 bridgehead atoms. The summed E-state index contributed by atoms with van der Waals surface area (Å²) in [6, 6.07) is 3.72. The fourth-order valence-electron chi connectivity index (χ4n) is 2.03. The van der Waals surface area contributed by atoms with E-state index < -0.39 is 0 Å². The van der Waals surface area contributed by atoms with Crippen LogP contribution in [0.15, 0.2) is 12.1 Å². The third-order valence-corrected chi connectivity index (χ3v) is 3.00. The summed E-state index contributed by atoms with van der Waals surface area (Å²) in [5.74, 6) is 0.588. The summed E-state index contributed by atoms with van der Waals surface area (Å²) in [7, 11) is 0. The maximum absolute atomic E-state index is 11.3. The van der Waals surface area contributed by atoms with Crippen molar-refractivity contribution in [1.29, 1.82) is 0 Å². The van der Waals surface area contributed by atoms with Crippen LogP contribution in [0.2, 0.25) is 0 Å². The monoisotopic (exact) mass is 259 g/mol. The summed E-state index contributed by atoms with van der Waals surface area (Å²) in [5, 5.41) is 19.5. The summed E-state index contributed by atoms with van der Waals surface area (Å²) in [6.45, 7) is 0.436. The first kappa shape index (κ1) is 11.5. The third-order valence-electron chi connectivity index (χ3n) is 3.00. The molecule has 1 aromatic heterocycles. The highest BCUT2D eigenvalue weighted by atomic mass is 16.1. The normalized spacial score (nSPS) is 13.8. The zero-order valence-electron chi connectivity index (χ0n) is 10.1. The van der Waals surface area contributed by atoms with Gasteiger partial charge in [0.2, 0.25) is 5.91 Å². The van der Waals surface area contributed by atoms with Crippen molar-refractivity contribution in [2.45, 2.75) is 19.4 Å². The van der Waals surface area contributed by atoms with Crippen LogP contribution in [0, 0.1) is 0 Å². The molecule has 1 aliphatic heterocycles. The number of nitrogens with zero attached hydrogens (tertiary/aromatic N) is 3. The molecular weight excluding hydrogens is 246 g/mol. The number of rotatable bonds is 3. The first-order valence-electron chi connectivity index (χ1n) is 5.91. The molecule has 1 aromatic carbocycles. The van der Waals surface area contributed by atoms with Gasteiger partial charge in [-0.15, -0.1) is 10.2 Å². The van der Waals surface area contributed by atoms with Gasteiger partial charge in [0.25, 0.3) is 0 Å². The van der Waals surface area contributed by atoms with Gasteiger partial charge in [-0.05, 0) is 24.1 Å². The van der Waals surface area contributed by atoms with E-state index in [1.807, 2.05) is 6.07 Å². The first-order chi connectivity index (χ1) is 9.22. The largest absolute Gasteiger partial charge is 0.397 e. The Morgan fingerprint density at radius 2 is 2.26 bits per heavy atom. The van der Waals surface area contributed by atoms with Crippen LogP contribution in [-0.2, 0) is 17.8 Å². The van der Waals surface area contributed by atoms with Gasteiger partial charge in [-0.2, -0.15) is 5.21 Å². The smallest absolute Gasteiger partial charge is 0.224 e. The van der Waals surface area contributed by atoms with Crippen molar-refractivity contribution in [2.24, 2.45) is 0 Å². The Labute approximate surface area is 108 Å². The number of aryl methyl sites for hydroxylation is 1. The Bertz CT molecular complexity index is 608. The molecule has 0 spiro atoms. The van der Waals surface area contributed by atoms with Crippen molar-refractivity contribution in [2.75, 3.05) is 16.4 Å². The fourth-order valence-corrected chi connectivity index (χ4v) is 2.03. The van der Waals surface area contributed by atoms with Crippen LogP contribution in [0.1, 0.15) is 17.8 Å². The number of nitrogens with two attached hydrogens (primary N) is 1. The minimum absolute atomic E-state index is 0.0272. The van der Waals surface area contributed by atoms with Crippen LogP contribution in [0.25, 0.3) is 0 Å². The lowest BCUT2D eigenvalue weighted by molar-refractivity contribution is -0.116. The van der Waals surface area contributed by atoms with E-state index >= 15 is 0 Å². The summed E-state index contributed by atoms with van der Waals surface area (Å²) in [6.07, 6.45) is 1.22. The van der Waals surface area contributed by atoms with Crippen molar-refractivity contribution in [3.8, 4) is 0 Å². The number of nitrogens with one attached hydrogen (secondary N) is 3. The summed E-state index contributed by atoms with van der Waals surface area (Å²) >= 11 is 0. The maximum Gasteiger partial charge on any atom is 0.224 e. The molecule has 0 atom stereocenters. The Morgan fingerprint density at radius 3 is 3.05 bits per heavy atom. The molecule has 2 heterocycles. The second-order valence-electron chi connectivity index (χ2n) is 4.33. The lowest BCUT2D eigenvalue weighted by Crippen LogP contribution is -2.19. The first-order valence-corrected chi connectivity index (χ1v) is 5.91. The SMILES string of the molecule is Nc1cc2c(cc1NCc1nn[nH]n1)CCC(=O)N2. The van der Waals surface area contributed by atoms with E-state index in [0.717, 1.165) is 23.4 Å². The highest BCUT2D eigenvalue weighted by Gasteiger charge is 2.16. The van der Waals surface area contributed by atoms with E-state index in [1.54, 1.807) is 6.07 Å². The van der Waals surface area contributed by atoms with Gasteiger partial charge in [-0.3, -0.25) is 4.79 Å². The minimum Gasteiger partial charge on any atom is -0.397 e. The van der Waals surface area contributed by atoms with Crippen molar-refractivity contribution >= 4 is 23.0 Å². The van der Waals surface area contributed by atoms with Gasteiger partial charge in [0, 0.05) is 12.1 Å². The molecule has 0 saturated carbocycles. The zero-order chi connectivity index (χ0) is 13.2. The number of hydrogen-bond donors (Lipinski definition) is 4. The molecule has 0 unspecified atom stereocenters. The van der Waals surface area contributed by atoms with Crippen molar-refractivity contribution in [3.63, 3.8) is 0 Å². The topological polar surface area (TPSA) is 122 Å². The van der Waals surface area contributed by atoms with Gasteiger partial charge < -0.3 is 16.4 Å². The molecule has 98 valence electrons. The Kier molecular flexibility index (Phi) is 2.75. The van der Waals surface area contributed by atoms with Crippen molar-refractivity contribution < 1.29 is 4.79 Å². The van der Waals surface area contributed by atoms with Crippen molar-refractivity contribution in [3.05, 3.63) is 23.5 Å². The average Bonchev–Trinajstić information content (AvgIpc) is 2.89. The van der Waals surface area contributed by atoms with E-state index in [4.69, 9.17) is 5.73 Å². The summed E-state index contributed by atoms with van der Waals surface area (Å²) in [4.78, 5) is 11.3. The second kappa shape index (κ2) is 4.56. The molecule has 0 saturated heterocycles. The van der Waals surface area contributed by atoms with Gasteiger partial charge in [0.1, 0.15) is 0 Å². The molecule has 8 heteroatoms. The maximum atomic E-state index is 11.3. The van der Waals surface area contributed by atoms with E-state index in [9.17, 15) is 4.79 Å². The van der Waals surface area contributed by atoms with Crippen LogP contribution in [0.5, 0.6) is 0 Å². The summed E-state index contributed by atoms with van der Waals surface area (Å²) in [5.41, 5.74) is 9.19. The number of amides is 1. The number of aromatic amines is 1. The standard InChI is InChI=1S/C11H13N7O/c12-7-4-8-6(1-2-11(19)14-8)3-9(7)13-5-10-15-17-18-16-10/h3-4,13H,1-2,5,12H2,(H,14,19)(H,15,16,17,18). The van der Waals surface area contributed by atoms with Crippen LogP contribution < -0.4 is 16.4 Å². The van der Waals surface area contributed by atoms with E-state index in [2.05, 4.69) is 31.3 Å². The van der Waals surface area contributed by atoms with Crippen LogP contribution in [0.3, 0.4) is 0 Å². The van der Waals surface area contributed by atoms with Gasteiger partial charge >= 0.3 is 0 Å². The number of carbonyl (C=O) groups is 1. The Balaban J connectivity index is 1.80. The van der Waals surface area contributed by atoms with E-state index in [1.165, 1.54) is 0 Å². The Morgan fingerprint density at radius 1 is 1.37 bits per heavy atom. The van der Waals surface area contributed by atoms with Crippen molar-refractivity contribution in [1.82, 2.24) is 20.6 Å². The molecule has 5 N–H and O–H groups in total. The summed E-state index contributed by atoms with van der Waals surface area (Å²) < 4.78 is 0. The second-order valence-corrected chi connectivity index (χ2v) is 4.33. The lowest BCUT2D eigenvalue weighted by atomic mass is 10.0. The number of benzene rings is 1. The highest BCUT2D eigenvalue weighted by molar-refractivity contribution is 5.95. The minimum atomic E-state index is 0.0272. The van der Waals surface area contributed by atoms with Crippen LogP contribution >= 0.6 is 0 Å². The predicted octanol–water partition coefficient (Wildman–Crippen LogP) is 0.279. The number of hydrogen-bond acceptors (Lipinski definition) is 6. The molecule has 3 rings (SSSR count). The molecule has 1 amide bonds. The van der Waals surface area contributed by atoms with Crippen LogP contribution in [0.4, 0.5) is 17.1 Å². The van der Waals surface area contributed by atoms with Gasteiger partial charge in [0.05, 0.1) is 17.9 Å². The number of anilines is 3. The Hall–Kier alpha value is -2.64. The lowest BCUT2D eigenvalue weighted by Gasteiger charge is -2.19. The van der Waals surface area contributed by atoms with Gasteiger partial charge in [-0.1, -0.05) is 5.21 Å². The third kappa shape index (κ3) is 2.32. The molecular formula is C11H13N7O. The predicted molar refractivity (Wildman–Crippen MR) is 69.3 cm³/mol. The number of carbonyl (C=O) groups excluding carboxylic acids is 1. The van der Waals surface area contributed by atoms with Crippen LogP contribution in [-0.4, -0.2) is 26.5 Å². The molecule has 0 aliphatic carbocycles. The molecule has 19 heavy (non-hydrogen) atoms. The quantitative estimate of drug-likeness (QED) is 0.587. The average molecular weight is 259 g/mol. The number of nitrogen functional groups attached to an aromatic ring is 1. The van der Waals surface area contributed by atoms with E-state index in [-0.39, 0.29) is 5.91 Å². The molecule has 1 aliphatic rings. The van der Waals surface area contributed by atoms with Gasteiger partial charge in [-0.25, -0.2) is 0 Å².